The van der Waals surface area contributed by atoms with E-state index in [1.807, 2.05) is 29.2 Å². The number of likely N-dealkylation sites (tertiary alicyclic amines) is 1. The van der Waals surface area contributed by atoms with Crippen LogP contribution in [-0.4, -0.2) is 42.7 Å². The van der Waals surface area contributed by atoms with Crippen LogP contribution < -0.4 is 4.74 Å². The molecule has 0 aromatic heterocycles. The van der Waals surface area contributed by atoms with Crippen LogP contribution in [0.2, 0.25) is 5.02 Å². The molecule has 0 saturated carbocycles. The molecule has 114 valence electrons. The standard InChI is InChI=1S/C16H20ClNO3/c17-13-4-1-2-5-14(13)21-12-7-9-18(10-8-12)16(19)15-6-3-11-20-15/h1-2,4-5,12,15H,3,6-11H2/t15-/m1/s1. The molecule has 1 atom stereocenters. The molecule has 1 amide bonds. The van der Waals surface area contributed by atoms with Gasteiger partial charge in [-0.05, 0) is 25.0 Å². The first-order chi connectivity index (χ1) is 10.2. The summed E-state index contributed by atoms with van der Waals surface area (Å²) in [4.78, 5) is 14.2. The first-order valence-electron chi connectivity index (χ1n) is 7.55. The van der Waals surface area contributed by atoms with Crippen LogP contribution in [0.3, 0.4) is 0 Å². The average molecular weight is 310 g/mol. The molecule has 21 heavy (non-hydrogen) atoms. The topological polar surface area (TPSA) is 38.8 Å². The van der Waals surface area contributed by atoms with Crippen LogP contribution in [0.25, 0.3) is 0 Å². The number of hydrogen-bond donors (Lipinski definition) is 0. The van der Waals surface area contributed by atoms with Gasteiger partial charge in [-0.2, -0.15) is 0 Å². The highest BCUT2D eigenvalue weighted by atomic mass is 35.5. The maximum absolute atomic E-state index is 12.3. The lowest BCUT2D eigenvalue weighted by Crippen LogP contribution is -2.45. The summed E-state index contributed by atoms with van der Waals surface area (Å²) in [6.45, 7) is 2.17. The zero-order valence-electron chi connectivity index (χ0n) is 12.0. The lowest BCUT2D eigenvalue weighted by atomic mass is 10.1. The number of rotatable bonds is 3. The van der Waals surface area contributed by atoms with Crippen molar-refractivity contribution in [2.24, 2.45) is 0 Å². The number of benzene rings is 1. The Morgan fingerprint density at radius 3 is 2.67 bits per heavy atom. The van der Waals surface area contributed by atoms with Crippen LogP contribution in [0.5, 0.6) is 5.75 Å². The van der Waals surface area contributed by atoms with Gasteiger partial charge < -0.3 is 14.4 Å². The van der Waals surface area contributed by atoms with Crippen molar-refractivity contribution in [3.8, 4) is 5.75 Å². The van der Waals surface area contributed by atoms with Gasteiger partial charge in [0.15, 0.2) is 0 Å². The smallest absolute Gasteiger partial charge is 0.251 e. The van der Waals surface area contributed by atoms with Gasteiger partial charge in [0.25, 0.3) is 5.91 Å². The molecule has 2 heterocycles. The lowest BCUT2D eigenvalue weighted by molar-refractivity contribution is -0.142. The monoisotopic (exact) mass is 309 g/mol. The molecule has 2 aliphatic heterocycles. The summed E-state index contributed by atoms with van der Waals surface area (Å²) in [6, 6.07) is 7.51. The highest BCUT2D eigenvalue weighted by Gasteiger charge is 2.31. The van der Waals surface area contributed by atoms with Crippen molar-refractivity contribution < 1.29 is 14.3 Å². The maximum Gasteiger partial charge on any atom is 0.251 e. The van der Waals surface area contributed by atoms with Crippen molar-refractivity contribution in [1.29, 1.82) is 0 Å². The predicted octanol–water partition coefficient (Wildman–Crippen LogP) is 2.89. The highest BCUT2D eigenvalue weighted by molar-refractivity contribution is 6.32. The van der Waals surface area contributed by atoms with Gasteiger partial charge in [0.2, 0.25) is 0 Å². The molecule has 2 saturated heterocycles. The molecule has 0 radical (unpaired) electrons. The molecule has 4 nitrogen and oxygen atoms in total. The van der Waals surface area contributed by atoms with E-state index in [9.17, 15) is 4.79 Å². The second-order valence-electron chi connectivity index (χ2n) is 5.57. The molecular weight excluding hydrogens is 290 g/mol. The second-order valence-corrected chi connectivity index (χ2v) is 5.98. The van der Waals surface area contributed by atoms with Crippen molar-refractivity contribution in [3.63, 3.8) is 0 Å². The Labute approximate surface area is 130 Å². The van der Waals surface area contributed by atoms with E-state index in [0.717, 1.165) is 44.5 Å². The minimum Gasteiger partial charge on any atom is -0.489 e. The van der Waals surface area contributed by atoms with Gasteiger partial charge in [-0.1, -0.05) is 23.7 Å². The van der Waals surface area contributed by atoms with Crippen molar-refractivity contribution in [2.45, 2.75) is 37.9 Å². The van der Waals surface area contributed by atoms with Crippen LogP contribution in [0.15, 0.2) is 24.3 Å². The van der Waals surface area contributed by atoms with Gasteiger partial charge in [0.05, 0.1) is 5.02 Å². The minimum atomic E-state index is -0.217. The summed E-state index contributed by atoms with van der Waals surface area (Å²) in [5.41, 5.74) is 0. The Bertz CT molecular complexity index is 494. The lowest BCUT2D eigenvalue weighted by Gasteiger charge is -2.33. The number of piperidine rings is 1. The molecule has 0 N–H and O–H groups in total. The molecule has 0 aliphatic carbocycles. The second kappa shape index (κ2) is 6.67. The average Bonchev–Trinajstić information content (AvgIpc) is 3.04. The molecular formula is C16H20ClNO3. The fourth-order valence-corrected chi connectivity index (χ4v) is 3.07. The van der Waals surface area contributed by atoms with E-state index in [0.29, 0.717) is 11.6 Å². The largest absolute Gasteiger partial charge is 0.489 e. The third-order valence-electron chi connectivity index (χ3n) is 4.09. The van der Waals surface area contributed by atoms with E-state index in [1.165, 1.54) is 0 Å². The van der Waals surface area contributed by atoms with Crippen LogP contribution >= 0.6 is 11.6 Å². The fraction of sp³-hybridized carbons (Fsp3) is 0.562. The van der Waals surface area contributed by atoms with E-state index in [1.54, 1.807) is 0 Å². The van der Waals surface area contributed by atoms with E-state index >= 15 is 0 Å². The maximum atomic E-state index is 12.3. The Morgan fingerprint density at radius 1 is 1.24 bits per heavy atom. The molecule has 2 aliphatic rings. The molecule has 3 rings (SSSR count). The van der Waals surface area contributed by atoms with E-state index in [4.69, 9.17) is 21.1 Å². The molecule has 0 unspecified atom stereocenters. The Kier molecular flexibility index (Phi) is 4.66. The van der Waals surface area contributed by atoms with E-state index in [-0.39, 0.29) is 18.1 Å². The van der Waals surface area contributed by atoms with Crippen LogP contribution in [-0.2, 0) is 9.53 Å². The van der Waals surface area contributed by atoms with Crippen LogP contribution in [0.1, 0.15) is 25.7 Å². The zero-order chi connectivity index (χ0) is 14.7. The molecule has 2 fully saturated rings. The summed E-state index contributed by atoms with van der Waals surface area (Å²) in [6.07, 6.45) is 3.43. The van der Waals surface area contributed by atoms with Crippen molar-refractivity contribution >= 4 is 17.5 Å². The molecule has 1 aromatic rings. The van der Waals surface area contributed by atoms with E-state index in [2.05, 4.69) is 0 Å². The van der Waals surface area contributed by atoms with E-state index < -0.39 is 0 Å². The zero-order valence-corrected chi connectivity index (χ0v) is 12.7. The number of para-hydroxylation sites is 1. The molecule has 0 bridgehead atoms. The molecule has 0 spiro atoms. The fourth-order valence-electron chi connectivity index (χ4n) is 2.89. The quantitative estimate of drug-likeness (QED) is 0.862. The first kappa shape index (κ1) is 14.7. The van der Waals surface area contributed by atoms with Gasteiger partial charge in [-0.15, -0.1) is 0 Å². The number of halogens is 1. The SMILES string of the molecule is O=C([C@H]1CCCO1)N1CCC(Oc2ccccc2Cl)CC1. The first-order valence-corrected chi connectivity index (χ1v) is 7.93. The number of carbonyl (C=O) groups excluding carboxylic acids is 1. The van der Waals surface area contributed by atoms with Gasteiger partial charge in [0, 0.05) is 32.5 Å². The van der Waals surface area contributed by atoms with Crippen molar-refractivity contribution in [2.75, 3.05) is 19.7 Å². The Morgan fingerprint density at radius 2 is 2.00 bits per heavy atom. The van der Waals surface area contributed by atoms with Gasteiger partial charge >= 0.3 is 0 Å². The number of carbonyl (C=O) groups is 1. The molecule has 5 heteroatoms. The third kappa shape index (κ3) is 3.50. The summed E-state index contributed by atoms with van der Waals surface area (Å²) >= 11 is 6.10. The summed E-state index contributed by atoms with van der Waals surface area (Å²) in [5.74, 6) is 0.867. The number of nitrogens with zero attached hydrogens (tertiary/aromatic N) is 1. The Hall–Kier alpha value is -1.26. The summed E-state index contributed by atoms with van der Waals surface area (Å²) < 4.78 is 11.4. The van der Waals surface area contributed by atoms with Gasteiger partial charge in [-0.3, -0.25) is 4.79 Å². The summed E-state index contributed by atoms with van der Waals surface area (Å²) in [7, 11) is 0. The van der Waals surface area contributed by atoms with Crippen LogP contribution in [0, 0.1) is 0 Å². The predicted molar refractivity (Wildman–Crippen MR) is 80.7 cm³/mol. The third-order valence-corrected chi connectivity index (χ3v) is 4.40. The van der Waals surface area contributed by atoms with Gasteiger partial charge in [0.1, 0.15) is 18.0 Å². The number of amides is 1. The van der Waals surface area contributed by atoms with Crippen molar-refractivity contribution in [3.05, 3.63) is 29.3 Å². The minimum absolute atomic E-state index is 0.124. The Balaban J connectivity index is 1.51. The van der Waals surface area contributed by atoms with Crippen LogP contribution in [0.4, 0.5) is 0 Å². The normalized spacial score (nSPS) is 23.3. The van der Waals surface area contributed by atoms with Gasteiger partial charge in [-0.25, -0.2) is 0 Å². The highest BCUT2D eigenvalue weighted by Crippen LogP contribution is 2.27. The summed E-state index contributed by atoms with van der Waals surface area (Å²) in [5, 5.41) is 0.635. The number of hydrogen-bond acceptors (Lipinski definition) is 3. The van der Waals surface area contributed by atoms with Crippen molar-refractivity contribution in [1.82, 2.24) is 4.90 Å². The molecule has 1 aromatic carbocycles. The number of ether oxygens (including phenoxy) is 2.